The zero-order valence-electron chi connectivity index (χ0n) is 15.4. The van der Waals surface area contributed by atoms with Gasteiger partial charge >= 0.3 is 0 Å². The SMILES string of the molecule is CC(C)OCCCC1CCN(C2CCN(C(C)C)CC2)CC1. The molecule has 0 atom stereocenters. The van der Waals surface area contributed by atoms with Crippen molar-refractivity contribution in [3.63, 3.8) is 0 Å². The van der Waals surface area contributed by atoms with Gasteiger partial charge in [-0.1, -0.05) is 0 Å². The van der Waals surface area contributed by atoms with Crippen molar-refractivity contribution in [2.75, 3.05) is 32.8 Å². The Balaban J connectivity index is 1.59. The van der Waals surface area contributed by atoms with Gasteiger partial charge in [0.05, 0.1) is 6.10 Å². The molecule has 2 rings (SSSR count). The fourth-order valence-corrected chi connectivity index (χ4v) is 4.07. The van der Waals surface area contributed by atoms with Gasteiger partial charge < -0.3 is 14.5 Å². The Morgan fingerprint density at radius 2 is 1.55 bits per heavy atom. The van der Waals surface area contributed by atoms with Crippen LogP contribution >= 0.6 is 0 Å². The van der Waals surface area contributed by atoms with E-state index in [-0.39, 0.29) is 0 Å². The summed E-state index contributed by atoms with van der Waals surface area (Å²) in [4.78, 5) is 5.43. The van der Waals surface area contributed by atoms with E-state index in [4.69, 9.17) is 4.74 Å². The van der Waals surface area contributed by atoms with E-state index in [2.05, 4.69) is 37.5 Å². The highest BCUT2D eigenvalue weighted by molar-refractivity contribution is 4.84. The van der Waals surface area contributed by atoms with Gasteiger partial charge in [-0.2, -0.15) is 0 Å². The summed E-state index contributed by atoms with van der Waals surface area (Å²) in [6.45, 7) is 15.1. The first-order chi connectivity index (χ1) is 10.6. The van der Waals surface area contributed by atoms with Crippen molar-refractivity contribution in [3.05, 3.63) is 0 Å². The Labute approximate surface area is 138 Å². The molecular formula is C19H38N2O. The Kier molecular flexibility index (Phi) is 7.66. The van der Waals surface area contributed by atoms with E-state index in [1.54, 1.807) is 0 Å². The molecule has 2 aliphatic rings. The maximum Gasteiger partial charge on any atom is 0.0518 e. The second-order valence-corrected chi connectivity index (χ2v) is 7.90. The number of piperidine rings is 2. The Morgan fingerprint density at radius 1 is 0.909 bits per heavy atom. The predicted molar refractivity (Wildman–Crippen MR) is 94.4 cm³/mol. The molecule has 22 heavy (non-hydrogen) atoms. The molecule has 0 unspecified atom stereocenters. The number of likely N-dealkylation sites (tertiary alicyclic amines) is 2. The molecule has 3 nitrogen and oxygen atoms in total. The van der Waals surface area contributed by atoms with E-state index in [1.807, 2.05) is 0 Å². The zero-order valence-corrected chi connectivity index (χ0v) is 15.4. The molecule has 2 fully saturated rings. The number of rotatable bonds is 7. The topological polar surface area (TPSA) is 15.7 Å². The van der Waals surface area contributed by atoms with Crippen LogP contribution < -0.4 is 0 Å². The fraction of sp³-hybridized carbons (Fsp3) is 1.00. The van der Waals surface area contributed by atoms with E-state index in [9.17, 15) is 0 Å². The van der Waals surface area contributed by atoms with Crippen molar-refractivity contribution in [2.24, 2.45) is 5.92 Å². The lowest BCUT2D eigenvalue weighted by atomic mass is 9.90. The van der Waals surface area contributed by atoms with Crippen LogP contribution in [0.4, 0.5) is 0 Å². The van der Waals surface area contributed by atoms with E-state index < -0.39 is 0 Å². The van der Waals surface area contributed by atoms with Gasteiger partial charge in [0.2, 0.25) is 0 Å². The lowest BCUT2D eigenvalue weighted by molar-refractivity contribution is 0.0559. The van der Waals surface area contributed by atoms with Crippen molar-refractivity contribution in [1.82, 2.24) is 9.80 Å². The normalized spacial score (nSPS) is 23.7. The van der Waals surface area contributed by atoms with Gasteiger partial charge in [-0.15, -0.1) is 0 Å². The Morgan fingerprint density at radius 3 is 2.09 bits per heavy atom. The minimum absolute atomic E-state index is 0.388. The van der Waals surface area contributed by atoms with Crippen LogP contribution in [0, 0.1) is 5.92 Å². The van der Waals surface area contributed by atoms with Crippen LogP contribution in [0.2, 0.25) is 0 Å². The number of hydrogen-bond donors (Lipinski definition) is 0. The average Bonchev–Trinajstić information content (AvgIpc) is 2.52. The van der Waals surface area contributed by atoms with Crippen molar-refractivity contribution >= 4 is 0 Å². The third-order valence-corrected chi connectivity index (χ3v) is 5.60. The summed E-state index contributed by atoms with van der Waals surface area (Å²) >= 11 is 0. The molecule has 2 saturated heterocycles. The molecule has 0 radical (unpaired) electrons. The molecule has 2 aliphatic heterocycles. The summed E-state index contributed by atoms with van der Waals surface area (Å²) in [5.41, 5.74) is 0. The van der Waals surface area contributed by atoms with E-state index >= 15 is 0 Å². The molecule has 0 amide bonds. The quantitative estimate of drug-likeness (QED) is 0.666. The molecule has 2 heterocycles. The van der Waals surface area contributed by atoms with Crippen LogP contribution in [0.15, 0.2) is 0 Å². The standard InChI is InChI=1S/C19H38N2O/c1-16(2)20-13-9-19(10-14-20)21-11-7-18(8-12-21)6-5-15-22-17(3)4/h16-19H,5-15H2,1-4H3. The van der Waals surface area contributed by atoms with Gasteiger partial charge in [-0.3, -0.25) is 0 Å². The molecular weight excluding hydrogens is 272 g/mol. The highest BCUT2D eigenvalue weighted by atomic mass is 16.5. The fourth-order valence-electron chi connectivity index (χ4n) is 4.07. The zero-order chi connectivity index (χ0) is 15.9. The smallest absolute Gasteiger partial charge is 0.0518 e. The Bertz CT molecular complexity index is 290. The van der Waals surface area contributed by atoms with Crippen molar-refractivity contribution in [2.45, 2.75) is 84.4 Å². The third-order valence-electron chi connectivity index (χ3n) is 5.60. The van der Waals surface area contributed by atoms with Gasteiger partial charge in [0.15, 0.2) is 0 Å². The monoisotopic (exact) mass is 310 g/mol. The first kappa shape index (κ1) is 18.2. The first-order valence-electron chi connectivity index (χ1n) is 9.66. The molecule has 0 aliphatic carbocycles. The maximum atomic E-state index is 5.66. The van der Waals surface area contributed by atoms with Crippen LogP contribution in [-0.4, -0.2) is 60.8 Å². The van der Waals surface area contributed by atoms with Gasteiger partial charge in [0.1, 0.15) is 0 Å². The van der Waals surface area contributed by atoms with Gasteiger partial charge in [-0.05, 0) is 98.3 Å². The van der Waals surface area contributed by atoms with Crippen LogP contribution in [-0.2, 0) is 4.74 Å². The predicted octanol–water partition coefficient (Wildman–Crippen LogP) is 3.78. The van der Waals surface area contributed by atoms with Crippen LogP contribution in [0.3, 0.4) is 0 Å². The first-order valence-corrected chi connectivity index (χ1v) is 9.66. The Hall–Kier alpha value is -0.120. The minimum Gasteiger partial charge on any atom is -0.379 e. The summed E-state index contributed by atoms with van der Waals surface area (Å²) in [5, 5.41) is 0. The molecule has 0 aromatic heterocycles. The van der Waals surface area contributed by atoms with E-state index in [0.29, 0.717) is 6.10 Å². The molecule has 3 heteroatoms. The van der Waals surface area contributed by atoms with Crippen LogP contribution in [0.5, 0.6) is 0 Å². The number of hydrogen-bond acceptors (Lipinski definition) is 3. The van der Waals surface area contributed by atoms with Crippen molar-refractivity contribution < 1.29 is 4.74 Å². The van der Waals surface area contributed by atoms with Gasteiger partial charge in [-0.25, -0.2) is 0 Å². The van der Waals surface area contributed by atoms with Crippen LogP contribution in [0.25, 0.3) is 0 Å². The highest BCUT2D eigenvalue weighted by Crippen LogP contribution is 2.26. The van der Waals surface area contributed by atoms with Gasteiger partial charge in [0.25, 0.3) is 0 Å². The molecule has 0 spiro atoms. The molecule has 0 aromatic carbocycles. The molecule has 0 N–H and O–H groups in total. The van der Waals surface area contributed by atoms with Crippen LogP contribution in [0.1, 0.15) is 66.2 Å². The second kappa shape index (κ2) is 9.24. The molecule has 0 aromatic rings. The summed E-state index contributed by atoms with van der Waals surface area (Å²) in [7, 11) is 0. The molecule has 0 bridgehead atoms. The van der Waals surface area contributed by atoms with Crippen molar-refractivity contribution in [3.8, 4) is 0 Å². The summed E-state index contributed by atoms with van der Waals surface area (Å²) in [6.07, 6.45) is 8.58. The summed E-state index contributed by atoms with van der Waals surface area (Å²) in [5.74, 6) is 0.947. The molecule has 0 saturated carbocycles. The number of ether oxygens (including phenoxy) is 1. The van der Waals surface area contributed by atoms with E-state index in [1.165, 1.54) is 64.7 Å². The van der Waals surface area contributed by atoms with E-state index in [0.717, 1.165) is 24.6 Å². The number of nitrogens with zero attached hydrogens (tertiary/aromatic N) is 2. The second-order valence-electron chi connectivity index (χ2n) is 7.90. The average molecular weight is 311 g/mol. The van der Waals surface area contributed by atoms with Crippen molar-refractivity contribution in [1.29, 1.82) is 0 Å². The largest absolute Gasteiger partial charge is 0.379 e. The lowest BCUT2D eigenvalue weighted by Gasteiger charge is -2.42. The minimum atomic E-state index is 0.388. The summed E-state index contributed by atoms with van der Waals surface area (Å²) in [6, 6.07) is 1.58. The molecule has 130 valence electrons. The maximum absolute atomic E-state index is 5.66. The highest BCUT2D eigenvalue weighted by Gasteiger charge is 2.28. The lowest BCUT2D eigenvalue weighted by Crippen LogP contribution is -2.49. The third kappa shape index (κ3) is 5.82. The van der Waals surface area contributed by atoms with Gasteiger partial charge in [0, 0.05) is 18.7 Å². The summed E-state index contributed by atoms with van der Waals surface area (Å²) < 4.78 is 5.66.